The third-order valence-corrected chi connectivity index (χ3v) is 2.82. The van der Waals surface area contributed by atoms with Crippen LogP contribution in [0.1, 0.15) is 20.8 Å². The van der Waals surface area contributed by atoms with E-state index in [4.69, 9.17) is 0 Å². The van der Waals surface area contributed by atoms with Gasteiger partial charge >= 0.3 is 0 Å². The molecule has 0 bridgehead atoms. The van der Waals surface area contributed by atoms with Crippen LogP contribution in [-0.2, 0) is 0 Å². The molecule has 0 aromatic rings. The van der Waals surface area contributed by atoms with Gasteiger partial charge in [-0.3, -0.25) is 4.90 Å². The first-order valence-electron chi connectivity index (χ1n) is 5.85. The van der Waals surface area contributed by atoms with E-state index in [-0.39, 0.29) is 0 Å². The van der Waals surface area contributed by atoms with Crippen LogP contribution >= 0.6 is 0 Å². The lowest BCUT2D eigenvalue weighted by molar-refractivity contribution is 0.187. The van der Waals surface area contributed by atoms with E-state index in [1.165, 1.54) is 13.1 Å². The van der Waals surface area contributed by atoms with E-state index >= 15 is 0 Å². The van der Waals surface area contributed by atoms with E-state index in [2.05, 4.69) is 36.3 Å². The van der Waals surface area contributed by atoms with Crippen molar-refractivity contribution in [1.82, 2.24) is 15.5 Å². The fourth-order valence-electron chi connectivity index (χ4n) is 1.90. The Morgan fingerprint density at radius 2 is 1.86 bits per heavy atom. The van der Waals surface area contributed by atoms with Gasteiger partial charge in [-0.25, -0.2) is 0 Å². The van der Waals surface area contributed by atoms with E-state index in [0.29, 0.717) is 6.04 Å². The average molecular weight is 199 g/mol. The van der Waals surface area contributed by atoms with Crippen LogP contribution in [0.5, 0.6) is 0 Å². The lowest BCUT2D eigenvalue weighted by Gasteiger charge is -2.30. The van der Waals surface area contributed by atoms with Gasteiger partial charge in [0.15, 0.2) is 0 Å². The Kier molecular flexibility index (Phi) is 5.45. The zero-order chi connectivity index (χ0) is 10.4. The van der Waals surface area contributed by atoms with Crippen LogP contribution in [0.2, 0.25) is 0 Å². The van der Waals surface area contributed by atoms with Gasteiger partial charge in [-0.2, -0.15) is 0 Å². The van der Waals surface area contributed by atoms with Crippen molar-refractivity contribution in [2.24, 2.45) is 5.92 Å². The summed E-state index contributed by atoms with van der Waals surface area (Å²) in [5.74, 6) is 0.760. The van der Waals surface area contributed by atoms with E-state index in [1.807, 2.05) is 0 Å². The normalized spacial score (nSPS) is 27.9. The molecular weight excluding hydrogens is 174 g/mol. The second kappa shape index (κ2) is 6.38. The van der Waals surface area contributed by atoms with Gasteiger partial charge in [0.25, 0.3) is 0 Å². The van der Waals surface area contributed by atoms with Crippen molar-refractivity contribution in [2.75, 3.05) is 39.3 Å². The third-order valence-electron chi connectivity index (χ3n) is 2.82. The van der Waals surface area contributed by atoms with Crippen molar-refractivity contribution >= 4 is 0 Å². The first-order chi connectivity index (χ1) is 6.70. The van der Waals surface area contributed by atoms with Crippen LogP contribution in [-0.4, -0.2) is 50.2 Å². The molecule has 1 unspecified atom stereocenters. The highest BCUT2D eigenvalue weighted by molar-refractivity contribution is 4.71. The summed E-state index contributed by atoms with van der Waals surface area (Å²) < 4.78 is 0. The molecule has 1 rings (SSSR count). The summed E-state index contributed by atoms with van der Waals surface area (Å²) in [6, 6.07) is 0.665. The van der Waals surface area contributed by atoms with Crippen LogP contribution in [0, 0.1) is 5.92 Å². The molecule has 1 aliphatic rings. The fourth-order valence-corrected chi connectivity index (χ4v) is 1.90. The van der Waals surface area contributed by atoms with Gasteiger partial charge in [0.05, 0.1) is 0 Å². The first-order valence-corrected chi connectivity index (χ1v) is 5.85. The second-order valence-corrected chi connectivity index (χ2v) is 4.65. The fraction of sp³-hybridized carbons (Fsp3) is 1.00. The lowest BCUT2D eigenvalue weighted by Crippen LogP contribution is -2.44. The number of hydrogen-bond donors (Lipinski definition) is 2. The minimum absolute atomic E-state index is 0.665. The standard InChI is InChI=1S/C11H25N3/c1-10(2)14-7-6-12-4-5-13-8-11(3)9-14/h10-13H,4-9H2,1-3H3. The molecule has 0 aromatic heterocycles. The van der Waals surface area contributed by atoms with Crippen LogP contribution in [0.3, 0.4) is 0 Å². The molecule has 0 aromatic carbocycles. The summed E-state index contributed by atoms with van der Waals surface area (Å²) in [6.45, 7) is 13.8. The number of nitrogens with one attached hydrogen (secondary N) is 2. The quantitative estimate of drug-likeness (QED) is 0.645. The summed E-state index contributed by atoms with van der Waals surface area (Å²) in [4.78, 5) is 2.56. The van der Waals surface area contributed by atoms with E-state index < -0.39 is 0 Å². The van der Waals surface area contributed by atoms with Crippen molar-refractivity contribution in [3.05, 3.63) is 0 Å². The molecule has 3 nitrogen and oxygen atoms in total. The number of hydrogen-bond acceptors (Lipinski definition) is 3. The van der Waals surface area contributed by atoms with Crippen molar-refractivity contribution in [2.45, 2.75) is 26.8 Å². The molecule has 1 heterocycles. The molecule has 1 saturated heterocycles. The summed E-state index contributed by atoms with van der Waals surface area (Å²) in [7, 11) is 0. The highest BCUT2D eigenvalue weighted by Crippen LogP contribution is 2.03. The maximum atomic E-state index is 3.48. The topological polar surface area (TPSA) is 27.3 Å². The third kappa shape index (κ3) is 4.40. The maximum absolute atomic E-state index is 3.48. The van der Waals surface area contributed by atoms with Gasteiger partial charge in [-0.1, -0.05) is 6.92 Å². The van der Waals surface area contributed by atoms with Gasteiger partial charge in [-0.05, 0) is 26.3 Å². The van der Waals surface area contributed by atoms with Crippen LogP contribution in [0.15, 0.2) is 0 Å². The number of nitrogens with zero attached hydrogens (tertiary/aromatic N) is 1. The molecule has 1 fully saturated rings. The highest BCUT2D eigenvalue weighted by atomic mass is 15.2. The van der Waals surface area contributed by atoms with Gasteiger partial charge in [0, 0.05) is 38.8 Å². The monoisotopic (exact) mass is 199 g/mol. The van der Waals surface area contributed by atoms with Gasteiger partial charge in [-0.15, -0.1) is 0 Å². The summed E-state index contributed by atoms with van der Waals surface area (Å²) >= 11 is 0. The van der Waals surface area contributed by atoms with Crippen molar-refractivity contribution in [3.63, 3.8) is 0 Å². The number of rotatable bonds is 1. The van der Waals surface area contributed by atoms with Gasteiger partial charge in [0.2, 0.25) is 0 Å². The molecule has 0 radical (unpaired) electrons. The van der Waals surface area contributed by atoms with E-state index in [9.17, 15) is 0 Å². The van der Waals surface area contributed by atoms with Crippen molar-refractivity contribution in [3.8, 4) is 0 Å². The predicted octanol–water partition coefficient (Wildman–Crippen LogP) is 0.526. The van der Waals surface area contributed by atoms with Crippen molar-refractivity contribution < 1.29 is 0 Å². The zero-order valence-electron chi connectivity index (χ0n) is 9.84. The lowest BCUT2D eigenvalue weighted by atomic mass is 10.1. The molecule has 0 saturated carbocycles. The smallest absolute Gasteiger partial charge is 0.0110 e. The van der Waals surface area contributed by atoms with Crippen LogP contribution in [0.25, 0.3) is 0 Å². The highest BCUT2D eigenvalue weighted by Gasteiger charge is 2.13. The van der Waals surface area contributed by atoms with Crippen LogP contribution in [0.4, 0.5) is 0 Å². The molecule has 14 heavy (non-hydrogen) atoms. The van der Waals surface area contributed by atoms with E-state index in [0.717, 1.165) is 32.1 Å². The van der Waals surface area contributed by atoms with Crippen LogP contribution < -0.4 is 10.6 Å². The van der Waals surface area contributed by atoms with E-state index in [1.54, 1.807) is 0 Å². The Morgan fingerprint density at radius 1 is 1.14 bits per heavy atom. The summed E-state index contributed by atoms with van der Waals surface area (Å²) in [5, 5.41) is 6.93. The molecule has 1 aliphatic heterocycles. The molecule has 0 aliphatic carbocycles. The molecule has 2 N–H and O–H groups in total. The molecule has 0 amide bonds. The Labute approximate surface area is 88.2 Å². The Morgan fingerprint density at radius 3 is 2.57 bits per heavy atom. The second-order valence-electron chi connectivity index (χ2n) is 4.65. The first kappa shape index (κ1) is 12.0. The Hall–Kier alpha value is -0.120. The Bertz CT molecular complexity index is 147. The zero-order valence-corrected chi connectivity index (χ0v) is 9.84. The SMILES string of the molecule is CC1CNCCNCCN(C(C)C)C1. The largest absolute Gasteiger partial charge is 0.315 e. The maximum Gasteiger partial charge on any atom is 0.0110 e. The minimum atomic E-state index is 0.665. The molecule has 1 atom stereocenters. The molecule has 84 valence electrons. The molecular formula is C11H25N3. The summed E-state index contributed by atoms with van der Waals surface area (Å²) in [5.41, 5.74) is 0. The minimum Gasteiger partial charge on any atom is -0.315 e. The predicted molar refractivity (Wildman–Crippen MR) is 61.6 cm³/mol. The van der Waals surface area contributed by atoms with Crippen molar-refractivity contribution in [1.29, 1.82) is 0 Å². The Balaban J connectivity index is 2.39. The van der Waals surface area contributed by atoms with Gasteiger partial charge in [0.1, 0.15) is 0 Å². The molecule has 3 heteroatoms. The average Bonchev–Trinajstić information content (AvgIpc) is 2.15. The molecule has 0 spiro atoms. The van der Waals surface area contributed by atoms with Gasteiger partial charge < -0.3 is 10.6 Å². The summed E-state index contributed by atoms with van der Waals surface area (Å²) in [6.07, 6.45) is 0.